The predicted octanol–water partition coefficient (Wildman–Crippen LogP) is 2.39. The fourth-order valence-corrected chi connectivity index (χ4v) is 4.76. The van der Waals surface area contributed by atoms with E-state index in [0.29, 0.717) is 11.8 Å². The number of esters is 1. The van der Waals surface area contributed by atoms with Crippen LogP contribution in [0.3, 0.4) is 0 Å². The first-order valence-electron chi connectivity index (χ1n) is 7.71. The van der Waals surface area contributed by atoms with Crippen molar-refractivity contribution in [3.05, 3.63) is 0 Å². The Bertz CT molecular complexity index is 452. The summed E-state index contributed by atoms with van der Waals surface area (Å²) in [5, 5.41) is 0. The van der Waals surface area contributed by atoms with Crippen molar-refractivity contribution in [2.24, 2.45) is 23.7 Å². The first kappa shape index (κ1) is 13.0. The standard InChI is InChI=1S/C15H22O5/c1-8-4-5-11-9(2)12(16)17-13-15(11)10(8)6-7-14(3,18-13)19-20-15/h8-11,13H,4-7H2,1-3H3/t8-,9-,10-,11-,13+,14-,15-/m1/s1. The number of rotatable bonds is 0. The van der Waals surface area contributed by atoms with Gasteiger partial charge in [0.25, 0.3) is 0 Å². The van der Waals surface area contributed by atoms with E-state index in [1.54, 1.807) is 0 Å². The van der Waals surface area contributed by atoms with Gasteiger partial charge in [0, 0.05) is 18.3 Å². The lowest BCUT2D eigenvalue weighted by Gasteiger charge is -2.57. The highest BCUT2D eigenvalue weighted by Gasteiger charge is 2.69. The lowest BCUT2D eigenvalue weighted by Crippen LogP contribution is -2.69. The number of carbonyl (C=O) groups is 1. The second kappa shape index (κ2) is 3.96. The van der Waals surface area contributed by atoms with Crippen molar-refractivity contribution >= 4 is 5.97 Å². The van der Waals surface area contributed by atoms with E-state index in [4.69, 9.17) is 19.2 Å². The van der Waals surface area contributed by atoms with Crippen molar-refractivity contribution in [2.45, 2.75) is 64.1 Å². The summed E-state index contributed by atoms with van der Waals surface area (Å²) < 4.78 is 11.6. The van der Waals surface area contributed by atoms with Crippen LogP contribution in [-0.2, 0) is 24.0 Å². The molecule has 112 valence electrons. The summed E-state index contributed by atoms with van der Waals surface area (Å²) in [6.07, 6.45) is 3.24. The number of fused-ring (bicyclic) bond motifs is 2. The van der Waals surface area contributed by atoms with Gasteiger partial charge in [0.2, 0.25) is 12.1 Å². The van der Waals surface area contributed by atoms with Crippen LogP contribution in [0.1, 0.15) is 46.5 Å². The Morgan fingerprint density at radius 1 is 1.10 bits per heavy atom. The van der Waals surface area contributed by atoms with Gasteiger partial charge in [-0.2, -0.15) is 0 Å². The van der Waals surface area contributed by atoms with E-state index in [0.717, 1.165) is 25.7 Å². The summed E-state index contributed by atoms with van der Waals surface area (Å²) in [4.78, 5) is 23.7. The molecule has 4 aliphatic heterocycles. The monoisotopic (exact) mass is 282 g/mol. The van der Waals surface area contributed by atoms with Crippen LogP contribution in [0.25, 0.3) is 0 Å². The smallest absolute Gasteiger partial charge is 0.311 e. The summed E-state index contributed by atoms with van der Waals surface area (Å²) in [5.41, 5.74) is -0.610. The predicted molar refractivity (Wildman–Crippen MR) is 68.0 cm³/mol. The van der Waals surface area contributed by atoms with Gasteiger partial charge in [-0.15, -0.1) is 0 Å². The maximum Gasteiger partial charge on any atom is 0.311 e. The molecule has 1 saturated carbocycles. The molecule has 0 aromatic carbocycles. The molecule has 20 heavy (non-hydrogen) atoms. The molecule has 1 aliphatic carbocycles. The van der Waals surface area contributed by atoms with E-state index in [1.165, 1.54) is 0 Å². The van der Waals surface area contributed by atoms with Crippen molar-refractivity contribution in [1.29, 1.82) is 0 Å². The molecule has 0 aromatic rings. The summed E-state index contributed by atoms with van der Waals surface area (Å²) in [6, 6.07) is 0. The molecule has 4 heterocycles. The molecular formula is C15H22O5. The van der Waals surface area contributed by atoms with Gasteiger partial charge >= 0.3 is 5.97 Å². The van der Waals surface area contributed by atoms with E-state index in [-0.39, 0.29) is 17.8 Å². The molecule has 5 rings (SSSR count). The van der Waals surface area contributed by atoms with Crippen LogP contribution in [-0.4, -0.2) is 23.6 Å². The summed E-state index contributed by atoms with van der Waals surface area (Å²) >= 11 is 0. The van der Waals surface area contributed by atoms with Crippen LogP contribution in [0.4, 0.5) is 0 Å². The molecule has 7 atom stereocenters. The Labute approximate surface area is 118 Å². The molecular weight excluding hydrogens is 260 g/mol. The summed E-state index contributed by atoms with van der Waals surface area (Å²) in [6.45, 7) is 6.06. The van der Waals surface area contributed by atoms with Crippen molar-refractivity contribution in [2.75, 3.05) is 0 Å². The van der Waals surface area contributed by atoms with Gasteiger partial charge in [-0.1, -0.05) is 13.8 Å². The molecule has 1 spiro atoms. The molecule has 0 amide bonds. The first-order valence-corrected chi connectivity index (χ1v) is 7.71. The van der Waals surface area contributed by atoms with E-state index in [1.807, 2.05) is 13.8 Å². The van der Waals surface area contributed by atoms with E-state index in [9.17, 15) is 4.79 Å². The van der Waals surface area contributed by atoms with Crippen molar-refractivity contribution in [3.8, 4) is 0 Å². The fourth-order valence-electron chi connectivity index (χ4n) is 4.76. The van der Waals surface area contributed by atoms with Gasteiger partial charge < -0.3 is 9.47 Å². The topological polar surface area (TPSA) is 54.0 Å². The lowest BCUT2D eigenvalue weighted by atomic mass is 9.58. The summed E-state index contributed by atoms with van der Waals surface area (Å²) in [5.74, 6) is -0.137. The van der Waals surface area contributed by atoms with Gasteiger partial charge in [-0.05, 0) is 32.1 Å². The van der Waals surface area contributed by atoms with Gasteiger partial charge in [0.15, 0.2) is 5.60 Å². The molecule has 0 radical (unpaired) electrons. The fraction of sp³-hybridized carbons (Fsp3) is 0.933. The minimum atomic E-state index is -0.793. The molecule has 5 fully saturated rings. The molecule has 0 unspecified atom stereocenters. The first-order chi connectivity index (χ1) is 9.46. The second-order valence-electron chi connectivity index (χ2n) is 7.14. The van der Waals surface area contributed by atoms with E-state index >= 15 is 0 Å². The highest BCUT2D eigenvalue weighted by atomic mass is 17.3. The van der Waals surface area contributed by atoms with E-state index in [2.05, 4.69) is 6.92 Å². The largest absolute Gasteiger partial charge is 0.432 e. The minimum Gasteiger partial charge on any atom is -0.432 e. The number of ether oxygens (including phenoxy) is 2. The maximum atomic E-state index is 12.1. The quantitative estimate of drug-likeness (QED) is 0.504. The van der Waals surface area contributed by atoms with Crippen LogP contribution in [0.5, 0.6) is 0 Å². The molecule has 0 N–H and O–H groups in total. The Morgan fingerprint density at radius 3 is 2.70 bits per heavy atom. The zero-order valence-corrected chi connectivity index (χ0v) is 12.3. The summed E-state index contributed by atoms with van der Waals surface area (Å²) in [7, 11) is 0. The molecule has 0 aromatic heterocycles. The average molecular weight is 282 g/mol. The van der Waals surface area contributed by atoms with Crippen molar-refractivity contribution in [3.63, 3.8) is 0 Å². The van der Waals surface area contributed by atoms with Gasteiger partial charge in [-0.25, -0.2) is 9.78 Å². The molecule has 5 heteroatoms. The third-order valence-electron chi connectivity index (χ3n) is 5.97. The number of hydrogen-bond acceptors (Lipinski definition) is 5. The van der Waals surface area contributed by atoms with Gasteiger partial charge in [0.1, 0.15) is 0 Å². The zero-order chi connectivity index (χ0) is 14.1. The van der Waals surface area contributed by atoms with Crippen LogP contribution in [0, 0.1) is 23.7 Å². The highest BCUT2D eigenvalue weighted by molar-refractivity contribution is 5.74. The number of hydrogen-bond donors (Lipinski definition) is 0. The van der Waals surface area contributed by atoms with Crippen LogP contribution >= 0.6 is 0 Å². The molecule has 5 aliphatic rings. The van der Waals surface area contributed by atoms with E-state index < -0.39 is 17.7 Å². The normalized spacial score (nSPS) is 57.8. The second-order valence-corrected chi connectivity index (χ2v) is 7.14. The van der Waals surface area contributed by atoms with Crippen LogP contribution in [0.2, 0.25) is 0 Å². The van der Waals surface area contributed by atoms with Gasteiger partial charge in [0.05, 0.1) is 5.92 Å². The lowest BCUT2D eigenvalue weighted by molar-refractivity contribution is -0.559. The Morgan fingerprint density at radius 2 is 1.90 bits per heavy atom. The van der Waals surface area contributed by atoms with Crippen molar-refractivity contribution < 1.29 is 24.0 Å². The maximum absolute atomic E-state index is 12.1. The highest BCUT2D eigenvalue weighted by Crippen LogP contribution is 2.59. The minimum absolute atomic E-state index is 0.123. The molecule has 2 bridgehead atoms. The molecule has 5 nitrogen and oxygen atoms in total. The zero-order valence-electron chi connectivity index (χ0n) is 12.3. The SMILES string of the molecule is C[C@@H]1CC[C@@H]2[C@@H](C)C(=O)O[C@H]3O[C@@]4(C)CC[C@H]1[C@]32OO4. The number of carbonyl (C=O) groups excluding carboxylic acids is 1. The van der Waals surface area contributed by atoms with Crippen molar-refractivity contribution in [1.82, 2.24) is 0 Å². The average Bonchev–Trinajstić information content (AvgIpc) is 2.63. The Balaban J connectivity index is 1.84. The Hall–Kier alpha value is -0.650. The molecule has 4 saturated heterocycles. The third-order valence-corrected chi connectivity index (χ3v) is 5.97. The van der Waals surface area contributed by atoms with Gasteiger partial charge in [-0.3, -0.25) is 4.79 Å². The third kappa shape index (κ3) is 1.46. The Kier molecular flexibility index (Phi) is 2.58. The van der Waals surface area contributed by atoms with Crippen LogP contribution in [0.15, 0.2) is 0 Å². The van der Waals surface area contributed by atoms with Crippen LogP contribution < -0.4 is 0 Å².